The average Bonchev–Trinajstić information content (AvgIpc) is 2.74. The third kappa shape index (κ3) is 3.08. The predicted molar refractivity (Wildman–Crippen MR) is 80.8 cm³/mol. The van der Waals surface area contributed by atoms with Crippen LogP contribution in [-0.4, -0.2) is 21.0 Å². The topological polar surface area (TPSA) is 63.1 Å². The summed E-state index contributed by atoms with van der Waals surface area (Å²) in [4.78, 5) is 20.8. The molecule has 4 nitrogen and oxygen atoms in total. The lowest BCUT2D eigenvalue weighted by molar-refractivity contribution is 0.0693. The number of hydrogen-bond acceptors (Lipinski definition) is 4. The summed E-state index contributed by atoms with van der Waals surface area (Å²) in [6.45, 7) is 0. The predicted octanol–water partition coefficient (Wildman–Crippen LogP) is 3.59. The molecule has 1 aliphatic rings. The molecule has 0 atom stereocenters. The van der Waals surface area contributed by atoms with E-state index in [-0.39, 0.29) is 0 Å². The van der Waals surface area contributed by atoms with Gasteiger partial charge in [0.1, 0.15) is 11.4 Å². The normalized spacial score (nSPS) is 14.3. The molecule has 0 bridgehead atoms. The van der Waals surface area contributed by atoms with Crippen molar-refractivity contribution < 1.29 is 9.90 Å². The van der Waals surface area contributed by atoms with Crippen LogP contribution in [0.4, 0.5) is 0 Å². The van der Waals surface area contributed by atoms with Crippen LogP contribution >= 0.6 is 11.8 Å². The van der Waals surface area contributed by atoms with E-state index in [1.165, 1.54) is 30.2 Å². The van der Waals surface area contributed by atoms with Crippen molar-refractivity contribution in [3.63, 3.8) is 0 Å². The Morgan fingerprint density at radius 2 is 1.90 bits per heavy atom. The van der Waals surface area contributed by atoms with Gasteiger partial charge in [-0.1, -0.05) is 30.3 Å². The summed E-state index contributed by atoms with van der Waals surface area (Å²) in [5.41, 5.74) is 2.64. The molecule has 0 aliphatic heterocycles. The number of benzene rings is 1. The van der Waals surface area contributed by atoms with Gasteiger partial charge in [0.15, 0.2) is 0 Å². The van der Waals surface area contributed by atoms with E-state index in [2.05, 4.69) is 9.97 Å². The molecule has 0 radical (unpaired) electrons. The zero-order chi connectivity index (χ0) is 14.7. The molecule has 1 N–H and O–H groups in total. The summed E-state index contributed by atoms with van der Waals surface area (Å²) in [7, 11) is 0. The second-order valence-corrected chi connectivity index (χ2v) is 6.10. The highest BCUT2D eigenvalue weighted by Gasteiger charge is 2.17. The molecule has 21 heavy (non-hydrogen) atoms. The highest BCUT2D eigenvalue weighted by Crippen LogP contribution is 2.34. The average molecular weight is 300 g/mol. The minimum Gasteiger partial charge on any atom is -0.478 e. The van der Waals surface area contributed by atoms with E-state index < -0.39 is 5.97 Å². The summed E-state index contributed by atoms with van der Waals surface area (Å²) >= 11 is 1.43. The molecule has 1 aromatic heterocycles. The Kier molecular flexibility index (Phi) is 4.20. The van der Waals surface area contributed by atoms with Crippen LogP contribution in [0.15, 0.2) is 40.5 Å². The minimum atomic E-state index is -0.904. The molecule has 0 saturated heterocycles. The second kappa shape index (κ2) is 6.26. The zero-order valence-electron chi connectivity index (χ0n) is 11.6. The Bertz CT molecular complexity index is 673. The molecule has 5 heteroatoms. The Labute approximate surface area is 127 Å². The van der Waals surface area contributed by atoms with E-state index in [0.717, 1.165) is 34.9 Å². The summed E-state index contributed by atoms with van der Waals surface area (Å²) in [6.07, 6.45) is 7.09. The van der Waals surface area contributed by atoms with Gasteiger partial charge in [-0.05, 0) is 37.8 Å². The smallest absolute Gasteiger partial charge is 0.336 e. The fourth-order valence-corrected chi connectivity index (χ4v) is 3.66. The number of rotatable bonds is 3. The second-order valence-electron chi connectivity index (χ2n) is 5.07. The van der Waals surface area contributed by atoms with Crippen LogP contribution in [0.1, 0.15) is 40.9 Å². The summed E-state index contributed by atoms with van der Waals surface area (Å²) in [5.74, 6) is -0.904. The maximum Gasteiger partial charge on any atom is 0.336 e. The SMILES string of the molecule is O=C(O)c1ccccc1Sc1ncnc2c1CCCCC2. The molecule has 1 heterocycles. The lowest BCUT2D eigenvalue weighted by atomic mass is 10.1. The summed E-state index contributed by atoms with van der Waals surface area (Å²) < 4.78 is 0. The van der Waals surface area contributed by atoms with Crippen molar-refractivity contribution in [2.75, 3.05) is 0 Å². The maximum atomic E-state index is 11.3. The van der Waals surface area contributed by atoms with E-state index in [1.807, 2.05) is 12.1 Å². The van der Waals surface area contributed by atoms with E-state index >= 15 is 0 Å². The standard InChI is InChI=1S/C16H16N2O2S/c19-16(20)12-7-4-5-9-14(12)21-15-11-6-2-1-3-8-13(11)17-10-18-15/h4-5,7,9-10H,1-3,6,8H2,(H,19,20). The first-order valence-corrected chi connectivity index (χ1v) is 7.90. The third-order valence-electron chi connectivity index (χ3n) is 3.66. The Morgan fingerprint density at radius 3 is 2.76 bits per heavy atom. The van der Waals surface area contributed by atoms with Crippen molar-refractivity contribution in [3.05, 3.63) is 47.4 Å². The van der Waals surface area contributed by atoms with Gasteiger partial charge in [-0.15, -0.1) is 0 Å². The number of aryl methyl sites for hydroxylation is 1. The van der Waals surface area contributed by atoms with Crippen LogP contribution in [0.3, 0.4) is 0 Å². The van der Waals surface area contributed by atoms with E-state index in [9.17, 15) is 9.90 Å². The maximum absolute atomic E-state index is 11.3. The van der Waals surface area contributed by atoms with Crippen LogP contribution in [0.5, 0.6) is 0 Å². The van der Waals surface area contributed by atoms with Gasteiger partial charge < -0.3 is 5.11 Å². The van der Waals surface area contributed by atoms with Crippen LogP contribution in [0, 0.1) is 0 Å². The van der Waals surface area contributed by atoms with Crippen molar-refractivity contribution in [2.24, 2.45) is 0 Å². The lowest BCUT2D eigenvalue weighted by Gasteiger charge is -2.11. The summed E-state index contributed by atoms with van der Waals surface area (Å²) in [6, 6.07) is 7.06. The Morgan fingerprint density at radius 1 is 1.10 bits per heavy atom. The zero-order valence-corrected chi connectivity index (χ0v) is 12.4. The molecule has 0 unspecified atom stereocenters. The van der Waals surface area contributed by atoms with Crippen molar-refractivity contribution in [1.82, 2.24) is 9.97 Å². The van der Waals surface area contributed by atoms with Gasteiger partial charge in [0.05, 0.1) is 5.56 Å². The molecule has 3 rings (SSSR count). The number of aromatic nitrogens is 2. The summed E-state index contributed by atoms with van der Waals surface area (Å²) in [5, 5.41) is 10.2. The number of aromatic carboxylic acids is 1. The van der Waals surface area contributed by atoms with Gasteiger partial charge in [0, 0.05) is 16.2 Å². The first kappa shape index (κ1) is 14.1. The monoisotopic (exact) mass is 300 g/mol. The van der Waals surface area contributed by atoms with Crippen molar-refractivity contribution >= 4 is 17.7 Å². The molecule has 2 aromatic rings. The third-order valence-corrected chi connectivity index (χ3v) is 4.78. The van der Waals surface area contributed by atoms with Crippen LogP contribution in [0.25, 0.3) is 0 Å². The molecule has 108 valence electrons. The Balaban J connectivity index is 1.98. The van der Waals surface area contributed by atoms with E-state index in [0.29, 0.717) is 5.56 Å². The molecule has 1 aromatic carbocycles. The highest BCUT2D eigenvalue weighted by molar-refractivity contribution is 7.99. The lowest BCUT2D eigenvalue weighted by Crippen LogP contribution is -2.02. The van der Waals surface area contributed by atoms with Crippen molar-refractivity contribution in [1.29, 1.82) is 0 Å². The van der Waals surface area contributed by atoms with E-state index in [1.54, 1.807) is 18.5 Å². The number of hydrogen-bond donors (Lipinski definition) is 1. The molecule has 1 aliphatic carbocycles. The van der Waals surface area contributed by atoms with Crippen molar-refractivity contribution in [3.8, 4) is 0 Å². The molecule has 0 saturated carbocycles. The molecule has 0 fully saturated rings. The van der Waals surface area contributed by atoms with Crippen LogP contribution < -0.4 is 0 Å². The van der Waals surface area contributed by atoms with Crippen molar-refractivity contribution in [2.45, 2.75) is 42.0 Å². The van der Waals surface area contributed by atoms with Gasteiger partial charge in [-0.3, -0.25) is 0 Å². The van der Waals surface area contributed by atoms with Crippen LogP contribution in [-0.2, 0) is 12.8 Å². The highest BCUT2D eigenvalue weighted by atomic mass is 32.2. The molecule has 0 spiro atoms. The van der Waals surface area contributed by atoms with Gasteiger partial charge in [-0.25, -0.2) is 14.8 Å². The molecule has 0 amide bonds. The first-order chi connectivity index (χ1) is 10.3. The minimum absolute atomic E-state index is 0.323. The van der Waals surface area contributed by atoms with E-state index in [4.69, 9.17) is 0 Å². The fraction of sp³-hybridized carbons (Fsp3) is 0.312. The largest absolute Gasteiger partial charge is 0.478 e. The number of carboxylic acid groups (broad SMARTS) is 1. The fourth-order valence-electron chi connectivity index (χ4n) is 2.59. The quantitative estimate of drug-likeness (QED) is 0.693. The van der Waals surface area contributed by atoms with Gasteiger partial charge in [0.2, 0.25) is 0 Å². The molecular formula is C16H16N2O2S. The first-order valence-electron chi connectivity index (χ1n) is 7.08. The van der Waals surface area contributed by atoms with Gasteiger partial charge in [0.25, 0.3) is 0 Å². The number of fused-ring (bicyclic) bond motifs is 1. The number of carbonyl (C=O) groups is 1. The number of carboxylic acids is 1. The Hall–Kier alpha value is -1.88. The van der Waals surface area contributed by atoms with Crippen LogP contribution in [0.2, 0.25) is 0 Å². The van der Waals surface area contributed by atoms with Gasteiger partial charge in [-0.2, -0.15) is 0 Å². The number of nitrogens with zero attached hydrogens (tertiary/aromatic N) is 2. The molecular weight excluding hydrogens is 284 g/mol. The van der Waals surface area contributed by atoms with Gasteiger partial charge >= 0.3 is 5.97 Å².